The van der Waals surface area contributed by atoms with Gasteiger partial charge in [0, 0.05) is 0 Å². The highest BCUT2D eigenvalue weighted by molar-refractivity contribution is 6.02. The van der Waals surface area contributed by atoms with Crippen LogP contribution in [0.25, 0.3) is 0 Å². The van der Waals surface area contributed by atoms with E-state index in [-0.39, 0.29) is 18.4 Å². The smallest absolute Gasteiger partial charge is 0.323 e. The van der Waals surface area contributed by atoms with Crippen molar-refractivity contribution < 1.29 is 23.9 Å². The highest BCUT2D eigenvalue weighted by Crippen LogP contribution is 1.91. The van der Waals surface area contributed by atoms with Crippen molar-refractivity contribution in [2.75, 3.05) is 6.61 Å². The van der Waals surface area contributed by atoms with E-state index in [4.69, 9.17) is 0 Å². The maximum Gasteiger partial charge on any atom is 0.323 e. The van der Waals surface area contributed by atoms with Gasteiger partial charge in [-0.05, 0) is 6.92 Å². The van der Waals surface area contributed by atoms with Gasteiger partial charge in [0.2, 0.25) is 0 Å². The first-order chi connectivity index (χ1) is 5.61. The van der Waals surface area contributed by atoms with E-state index in [9.17, 15) is 19.2 Å². The van der Waals surface area contributed by atoms with Crippen LogP contribution in [0.4, 0.5) is 0 Å². The minimum atomic E-state index is -1.41. The number of rotatable bonds is 5. The highest BCUT2D eigenvalue weighted by Gasteiger charge is 2.18. The normalized spacial score (nSPS) is 9.17. The van der Waals surface area contributed by atoms with Gasteiger partial charge < -0.3 is 14.3 Å². The van der Waals surface area contributed by atoms with Gasteiger partial charge in [-0.1, -0.05) is 0 Å². The van der Waals surface area contributed by atoms with Crippen molar-refractivity contribution in [1.82, 2.24) is 0 Å². The van der Waals surface area contributed by atoms with Crippen molar-refractivity contribution in [3.8, 4) is 0 Å². The predicted molar refractivity (Wildman–Crippen MR) is 37.3 cm³/mol. The average molecular weight is 172 g/mol. The summed E-state index contributed by atoms with van der Waals surface area (Å²) in [5.41, 5.74) is 0. The third-order valence-electron chi connectivity index (χ3n) is 0.983. The molecule has 0 aromatic rings. The van der Waals surface area contributed by atoms with Crippen molar-refractivity contribution in [3.63, 3.8) is 0 Å². The summed E-state index contributed by atoms with van der Waals surface area (Å²) in [5, 5.41) is 0. The summed E-state index contributed by atoms with van der Waals surface area (Å²) in [6, 6.07) is 0. The van der Waals surface area contributed by atoms with E-state index in [1.165, 1.54) is 6.92 Å². The maximum atomic E-state index is 10.7. The molecule has 0 aliphatic rings. The molecule has 0 heterocycles. The minimum absolute atomic E-state index is 0.162. The van der Waals surface area contributed by atoms with Crippen LogP contribution < -0.4 is 0 Å². The Bertz CT molecular complexity index is 200. The Kier molecular flexibility index (Phi) is 4.52. The Morgan fingerprint density at radius 2 is 1.83 bits per heavy atom. The van der Waals surface area contributed by atoms with Crippen LogP contribution in [0.15, 0.2) is 0 Å². The summed E-state index contributed by atoms with van der Waals surface area (Å²) < 4.78 is 4.30. The number of esters is 1. The predicted octanol–water partition coefficient (Wildman–Crippen LogP) is -0.867. The summed E-state index contributed by atoms with van der Waals surface area (Å²) in [5.74, 6) is -2.75. The molecule has 5 nitrogen and oxygen atoms in total. The SMILES string of the molecule is CC(=O)COC(=O)C(C=O)C=O. The monoisotopic (exact) mass is 172 g/mol. The molecule has 0 aromatic carbocycles. The zero-order valence-corrected chi connectivity index (χ0v) is 6.48. The average Bonchev–Trinajstić information content (AvgIpc) is 2.03. The number of carbonyl (C=O) groups excluding carboxylic acids is 4. The Hall–Kier alpha value is -1.52. The molecule has 5 heteroatoms. The molecular formula is C7H8O5. The molecule has 0 aliphatic heterocycles. The van der Waals surface area contributed by atoms with Crippen molar-refractivity contribution in [2.45, 2.75) is 6.92 Å². The molecule has 0 bridgehead atoms. The zero-order valence-electron chi connectivity index (χ0n) is 6.48. The van der Waals surface area contributed by atoms with E-state index in [1.807, 2.05) is 0 Å². The van der Waals surface area contributed by atoms with Crippen LogP contribution in [0.3, 0.4) is 0 Å². The largest absolute Gasteiger partial charge is 0.457 e. The number of ketones is 1. The van der Waals surface area contributed by atoms with E-state index in [0.717, 1.165) is 0 Å². The molecule has 0 spiro atoms. The molecule has 0 saturated heterocycles. The Morgan fingerprint density at radius 3 is 2.17 bits per heavy atom. The summed E-state index contributed by atoms with van der Waals surface area (Å²) in [4.78, 5) is 41.0. The van der Waals surface area contributed by atoms with Gasteiger partial charge in [0.1, 0.15) is 19.2 Å². The fourth-order valence-electron chi connectivity index (χ4n) is 0.412. The Balaban J connectivity index is 3.93. The third-order valence-corrected chi connectivity index (χ3v) is 0.983. The summed E-state index contributed by atoms with van der Waals surface area (Å²) >= 11 is 0. The number of Topliss-reactive ketones (excluding diaryl/α,β-unsaturated/α-hetero) is 1. The molecule has 0 radical (unpaired) electrons. The number of carbonyl (C=O) groups is 4. The van der Waals surface area contributed by atoms with Gasteiger partial charge in [-0.2, -0.15) is 0 Å². The lowest BCUT2D eigenvalue weighted by Crippen LogP contribution is -2.22. The van der Waals surface area contributed by atoms with Gasteiger partial charge in [-0.25, -0.2) is 0 Å². The lowest BCUT2D eigenvalue weighted by atomic mass is 10.2. The number of ether oxygens (including phenoxy) is 1. The number of aldehydes is 2. The second kappa shape index (κ2) is 5.17. The lowest BCUT2D eigenvalue weighted by Gasteiger charge is -2.01. The second-order valence-corrected chi connectivity index (χ2v) is 2.11. The molecule has 0 atom stereocenters. The van der Waals surface area contributed by atoms with Crippen LogP contribution in [0.2, 0.25) is 0 Å². The van der Waals surface area contributed by atoms with E-state index in [2.05, 4.69) is 4.74 Å². The summed E-state index contributed by atoms with van der Waals surface area (Å²) in [6.07, 6.45) is 0.324. The molecule has 0 aliphatic carbocycles. The summed E-state index contributed by atoms with van der Waals surface area (Å²) in [7, 11) is 0. The second-order valence-electron chi connectivity index (χ2n) is 2.11. The molecule has 0 fully saturated rings. The molecule has 0 N–H and O–H groups in total. The van der Waals surface area contributed by atoms with Crippen LogP contribution in [0.1, 0.15) is 6.92 Å². The topological polar surface area (TPSA) is 77.5 Å². The first kappa shape index (κ1) is 10.5. The van der Waals surface area contributed by atoms with Crippen molar-refractivity contribution in [1.29, 1.82) is 0 Å². The van der Waals surface area contributed by atoms with E-state index in [0.29, 0.717) is 0 Å². The highest BCUT2D eigenvalue weighted by atomic mass is 16.5. The maximum absolute atomic E-state index is 10.7. The van der Waals surface area contributed by atoms with Crippen LogP contribution >= 0.6 is 0 Å². The standard InChI is InChI=1S/C7H8O5/c1-5(10)4-12-7(11)6(2-8)3-9/h2-3,6H,4H2,1H3. The van der Waals surface area contributed by atoms with Crippen LogP contribution in [0, 0.1) is 5.92 Å². The van der Waals surface area contributed by atoms with Crippen molar-refractivity contribution in [2.24, 2.45) is 5.92 Å². The molecule has 0 unspecified atom stereocenters. The Labute approximate surface area is 68.7 Å². The van der Waals surface area contributed by atoms with Crippen molar-refractivity contribution in [3.05, 3.63) is 0 Å². The summed E-state index contributed by atoms with van der Waals surface area (Å²) in [6.45, 7) is 0.821. The minimum Gasteiger partial charge on any atom is -0.457 e. The van der Waals surface area contributed by atoms with Crippen molar-refractivity contribution >= 4 is 24.3 Å². The first-order valence-corrected chi connectivity index (χ1v) is 3.18. The molecular weight excluding hydrogens is 164 g/mol. The zero-order chi connectivity index (χ0) is 9.56. The van der Waals surface area contributed by atoms with E-state index < -0.39 is 18.5 Å². The third kappa shape index (κ3) is 3.60. The van der Waals surface area contributed by atoms with Gasteiger partial charge in [0.05, 0.1) is 0 Å². The fourth-order valence-corrected chi connectivity index (χ4v) is 0.412. The van der Waals surface area contributed by atoms with Crippen LogP contribution in [-0.2, 0) is 23.9 Å². The van der Waals surface area contributed by atoms with E-state index in [1.54, 1.807) is 0 Å². The van der Waals surface area contributed by atoms with Gasteiger partial charge in [-0.15, -0.1) is 0 Å². The molecule has 0 aromatic heterocycles. The molecule has 66 valence electrons. The molecule has 0 saturated carbocycles. The lowest BCUT2D eigenvalue weighted by molar-refractivity contribution is -0.153. The quantitative estimate of drug-likeness (QED) is 0.306. The molecule has 0 amide bonds. The Morgan fingerprint density at radius 1 is 1.33 bits per heavy atom. The first-order valence-electron chi connectivity index (χ1n) is 3.18. The van der Waals surface area contributed by atoms with Gasteiger partial charge in [0.15, 0.2) is 11.7 Å². The number of hydrogen-bond donors (Lipinski definition) is 0. The molecule has 12 heavy (non-hydrogen) atoms. The van der Waals surface area contributed by atoms with Crippen LogP contribution in [0.5, 0.6) is 0 Å². The van der Waals surface area contributed by atoms with Gasteiger partial charge in [-0.3, -0.25) is 9.59 Å². The van der Waals surface area contributed by atoms with Crippen LogP contribution in [-0.4, -0.2) is 30.9 Å². The molecule has 0 rings (SSSR count). The fraction of sp³-hybridized carbons (Fsp3) is 0.429. The van der Waals surface area contributed by atoms with E-state index >= 15 is 0 Å². The number of hydrogen-bond acceptors (Lipinski definition) is 5. The van der Waals surface area contributed by atoms with Gasteiger partial charge >= 0.3 is 5.97 Å². The van der Waals surface area contributed by atoms with Gasteiger partial charge in [0.25, 0.3) is 0 Å².